The molecule has 0 saturated carbocycles. The molecule has 0 spiro atoms. The minimum atomic E-state index is -0.486. The van der Waals surface area contributed by atoms with Crippen molar-refractivity contribution in [2.75, 3.05) is 6.61 Å². The molecule has 1 heterocycles. The van der Waals surface area contributed by atoms with E-state index in [9.17, 15) is 5.11 Å². The number of rotatable bonds is 0. The third kappa shape index (κ3) is 1.76. The zero-order valence-electron chi connectivity index (χ0n) is 7.46. The van der Waals surface area contributed by atoms with Crippen molar-refractivity contribution in [1.29, 1.82) is 0 Å². The van der Waals surface area contributed by atoms with Gasteiger partial charge in [-0.05, 0) is 25.0 Å². The first-order valence-corrected chi connectivity index (χ1v) is 5.66. The van der Waals surface area contributed by atoms with Gasteiger partial charge >= 0.3 is 0 Å². The highest BCUT2D eigenvalue weighted by molar-refractivity contribution is 9.10. The molecule has 1 aromatic rings. The number of aliphatic hydroxyl groups is 1. The Morgan fingerprint density at radius 2 is 2.29 bits per heavy atom. The molecule has 0 saturated heterocycles. The maximum absolute atomic E-state index is 9.88. The molecule has 1 N–H and O–H groups in total. The van der Waals surface area contributed by atoms with Gasteiger partial charge in [0.05, 0.1) is 17.7 Å². The van der Waals surface area contributed by atoms with Crippen molar-refractivity contribution in [3.63, 3.8) is 0 Å². The smallest absolute Gasteiger partial charge is 0.144 e. The van der Waals surface area contributed by atoms with Crippen molar-refractivity contribution in [1.82, 2.24) is 0 Å². The van der Waals surface area contributed by atoms with E-state index in [0.717, 1.165) is 16.5 Å². The number of hydrogen-bond donors (Lipinski definition) is 1. The van der Waals surface area contributed by atoms with Gasteiger partial charge in [0.2, 0.25) is 0 Å². The van der Waals surface area contributed by atoms with Crippen LogP contribution in [0.4, 0.5) is 0 Å². The van der Waals surface area contributed by atoms with Gasteiger partial charge in [-0.1, -0.05) is 27.5 Å². The second-order valence-corrected chi connectivity index (χ2v) is 4.54. The molecular formula is C10H10BrClO2. The average molecular weight is 278 g/mol. The second kappa shape index (κ2) is 4.09. The van der Waals surface area contributed by atoms with E-state index in [0.29, 0.717) is 23.8 Å². The van der Waals surface area contributed by atoms with E-state index >= 15 is 0 Å². The van der Waals surface area contributed by atoms with Crippen LogP contribution in [-0.4, -0.2) is 11.7 Å². The Hall–Kier alpha value is -0.250. The summed E-state index contributed by atoms with van der Waals surface area (Å²) in [5, 5.41) is 10.4. The predicted molar refractivity (Wildman–Crippen MR) is 58.8 cm³/mol. The maximum atomic E-state index is 9.88. The number of halogens is 2. The summed E-state index contributed by atoms with van der Waals surface area (Å²) in [6, 6.07) is 3.60. The second-order valence-electron chi connectivity index (χ2n) is 3.28. The van der Waals surface area contributed by atoms with E-state index < -0.39 is 6.10 Å². The molecule has 0 fully saturated rings. The van der Waals surface area contributed by atoms with E-state index in [1.807, 2.05) is 6.07 Å². The Balaban J connectivity index is 2.57. The number of ether oxygens (including phenoxy) is 1. The van der Waals surface area contributed by atoms with Crippen LogP contribution in [0, 0.1) is 0 Å². The van der Waals surface area contributed by atoms with Gasteiger partial charge in [-0.2, -0.15) is 0 Å². The maximum Gasteiger partial charge on any atom is 0.144 e. The molecule has 1 aromatic carbocycles. The van der Waals surface area contributed by atoms with Crippen molar-refractivity contribution in [2.45, 2.75) is 18.9 Å². The van der Waals surface area contributed by atoms with Crippen molar-refractivity contribution in [3.8, 4) is 5.75 Å². The number of aliphatic hydroxyl groups excluding tert-OH is 1. The third-order valence-corrected chi connectivity index (χ3v) is 3.29. The predicted octanol–water partition coefficient (Wildman–Crippen LogP) is 3.31. The van der Waals surface area contributed by atoms with E-state index in [1.165, 1.54) is 0 Å². The largest absolute Gasteiger partial charge is 0.492 e. The van der Waals surface area contributed by atoms with Gasteiger partial charge < -0.3 is 9.84 Å². The lowest BCUT2D eigenvalue weighted by molar-refractivity contribution is 0.167. The summed E-state index contributed by atoms with van der Waals surface area (Å²) in [5.41, 5.74) is 0.773. The molecule has 1 aliphatic heterocycles. The van der Waals surface area contributed by atoms with E-state index in [1.54, 1.807) is 6.07 Å². The minimum absolute atomic E-state index is 0.486. The lowest BCUT2D eigenvalue weighted by Crippen LogP contribution is -1.98. The molecule has 0 aromatic heterocycles. The standard InChI is InChI=1S/C10H10BrClO2/c11-6-3-4-7(12)10-9(6)8(13)2-1-5-14-10/h3-4,8,13H,1-2,5H2. The van der Waals surface area contributed by atoms with Crippen LogP contribution in [0.25, 0.3) is 0 Å². The Bertz CT molecular complexity index is 354. The van der Waals surface area contributed by atoms with Crippen LogP contribution in [0.3, 0.4) is 0 Å². The molecular weight excluding hydrogens is 267 g/mol. The Morgan fingerprint density at radius 1 is 1.50 bits per heavy atom. The molecule has 4 heteroatoms. The van der Waals surface area contributed by atoms with Crippen LogP contribution in [0.15, 0.2) is 16.6 Å². The summed E-state index contributed by atoms with van der Waals surface area (Å²) in [6.45, 7) is 0.611. The van der Waals surface area contributed by atoms with E-state index in [-0.39, 0.29) is 0 Å². The summed E-state index contributed by atoms with van der Waals surface area (Å²) in [4.78, 5) is 0. The highest BCUT2D eigenvalue weighted by Crippen LogP contribution is 2.41. The fourth-order valence-electron chi connectivity index (χ4n) is 1.60. The molecule has 76 valence electrons. The zero-order chi connectivity index (χ0) is 10.1. The molecule has 1 unspecified atom stereocenters. The summed E-state index contributed by atoms with van der Waals surface area (Å²) in [7, 11) is 0. The zero-order valence-corrected chi connectivity index (χ0v) is 9.81. The van der Waals surface area contributed by atoms with Crippen molar-refractivity contribution < 1.29 is 9.84 Å². The summed E-state index contributed by atoms with van der Waals surface area (Å²) in [5.74, 6) is 0.617. The van der Waals surface area contributed by atoms with E-state index in [4.69, 9.17) is 16.3 Å². The average Bonchev–Trinajstić information content (AvgIpc) is 2.35. The van der Waals surface area contributed by atoms with Crippen LogP contribution >= 0.6 is 27.5 Å². The molecule has 0 amide bonds. The van der Waals surface area contributed by atoms with E-state index in [2.05, 4.69) is 15.9 Å². The van der Waals surface area contributed by atoms with Crippen LogP contribution < -0.4 is 4.74 Å². The monoisotopic (exact) mass is 276 g/mol. The first-order valence-electron chi connectivity index (χ1n) is 4.49. The summed E-state index contributed by atoms with van der Waals surface area (Å²) < 4.78 is 6.36. The van der Waals surface area contributed by atoms with Gasteiger partial charge in [0.15, 0.2) is 0 Å². The number of benzene rings is 1. The molecule has 2 rings (SSSR count). The van der Waals surface area contributed by atoms with Crippen LogP contribution in [0.5, 0.6) is 5.75 Å². The first kappa shape index (κ1) is 10.3. The summed E-state index contributed by atoms with van der Waals surface area (Å²) in [6.07, 6.45) is 1.07. The molecule has 1 aliphatic rings. The molecule has 0 aliphatic carbocycles. The quantitative estimate of drug-likeness (QED) is 0.788. The van der Waals surface area contributed by atoms with Gasteiger partial charge in [0, 0.05) is 10.0 Å². The fourth-order valence-corrected chi connectivity index (χ4v) is 2.40. The van der Waals surface area contributed by atoms with Crippen molar-refractivity contribution in [2.24, 2.45) is 0 Å². The Morgan fingerprint density at radius 3 is 3.07 bits per heavy atom. The molecule has 14 heavy (non-hydrogen) atoms. The van der Waals surface area contributed by atoms with Crippen molar-refractivity contribution in [3.05, 3.63) is 27.2 Å². The third-order valence-electron chi connectivity index (χ3n) is 2.30. The molecule has 2 nitrogen and oxygen atoms in total. The van der Waals surface area contributed by atoms with Gasteiger partial charge in [-0.15, -0.1) is 0 Å². The van der Waals surface area contributed by atoms with Gasteiger partial charge in [0.1, 0.15) is 5.75 Å². The van der Waals surface area contributed by atoms with Crippen molar-refractivity contribution >= 4 is 27.5 Å². The topological polar surface area (TPSA) is 29.5 Å². The first-order chi connectivity index (χ1) is 6.70. The van der Waals surface area contributed by atoms with Crippen LogP contribution in [0.1, 0.15) is 24.5 Å². The van der Waals surface area contributed by atoms with Gasteiger partial charge in [-0.3, -0.25) is 0 Å². The molecule has 0 radical (unpaired) electrons. The molecule has 0 bridgehead atoms. The summed E-state index contributed by atoms with van der Waals surface area (Å²) >= 11 is 9.39. The van der Waals surface area contributed by atoms with Crippen LogP contribution in [-0.2, 0) is 0 Å². The highest BCUT2D eigenvalue weighted by Gasteiger charge is 2.22. The fraction of sp³-hybridized carbons (Fsp3) is 0.400. The SMILES string of the molecule is OC1CCCOc2c(Cl)ccc(Br)c21. The van der Waals surface area contributed by atoms with Gasteiger partial charge in [-0.25, -0.2) is 0 Å². The van der Waals surface area contributed by atoms with Crippen LogP contribution in [0.2, 0.25) is 5.02 Å². The number of hydrogen-bond acceptors (Lipinski definition) is 2. The highest BCUT2D eigenvalue weighted by atomic mass is 79.9. The molecule has 1 atom stereocenters. The lowest BCUT2D eigenvalue weighted by atomic mass is 10.1. The number of fused-ring (bicyclic) bond motifs is 1. The lowest BCUT2D eigenvalue weighted by Gasteiger charge is -2.13. The minimum Gasteiger partial charge on any atom is -0.492 e. The van der Waals surface area contributed by atoms with Gasteiger partial charge in [0.25, 0.3) is 0 Å². The normalized spacial score (nSPS) is 20.9. The Labute approximate surface area is 96.0 Å². The Kier molecular flexibility index (Phi) is 3.00.